The SMILES string of the molecule is Clc1ccc(CC(Cl)c2ccc3c(c2)OCO3)cc1Cl. The summed E-state index contributed by atoms with van der Waals surface area (Å²) < 4.78 is 10.6. The molecule has 0 amide bonds. The summed E-state index contributed by atoms with van der Waals surface area (Å²) in [4.78, 5) is 0. The van der Waals surface area contributed by atoms with Gasteiger partial charge in [-0.2, -0.15) is 0 Å². The van der Waals surface area contributed by atoms with Crippen LogP contribution >= 0.6 is 34.8 Å². The quantitative estimate of drug-likeness (QED) is 0.716. The first-order valence-electron chi connectivity index (χ1n) is 6.11. The third-order valence-corrected chi connectivity index (χ3v) is 4.30. The van der Waals surface area contributed by atoms with Crippen LogP contribution in [0.2, 0.25) is 10.0 Å². The van der Waals surface area contributed by atoms with Crippen molar-refractivity contribution >= 4 is 34.8 Å². The first kappa shape index (κ1) is 13.9. The minimum atomic E-state index is -0.165. The van der Waals surface area contributed by atoms with Gasteiger partial charge in [0, 0.05) is 0 Å². The molecule has 20 heavy (non-hydrogen) atoms. The number of halogens is 3. The van der Waals surface area contributed by atoms with Crippen molar-refractivity contribution in [3.8, 4) is 11.5 Å². The van der Waals surface area contributed by atoms with Gasteiger partial charge in [0.05, 0.1) is 15.4 Å². The largest absolute Gasteiger partial charge is 0.454 e. The van der Waals surface area contributed by atoms with Gasteiger partial charge in [0.15, 0.2) is 11.5 Å². The van der Waals surface area contributed by atoms with E-state index in [-0.39, 0.29) is 12.2 Å². The van der Waals surface area contributed by atoms with Crippen molar-refractivity contribution in [3.05, 3.63) is 57.6 Å². The van der Waals surface area contributed by atoms with Crippen LogP contribution in [0.5, 0.6) is 11.5 Å². The van der Waals surface area contributed by atoms with Gasteiger partial charge in [-0.3, -0.25) is 0 Å². The Morgan fingerprint density at radius 2 is 1.75 bits per heavy atom. The van der Waals surface area contributed by atoms with Crippen LogP contribution in [0, 0.1) is 0 Å². The van der Waals surface area contributed by atoms with Crippen LogP contribution in [-0.2, 0) is 6.42 Å². The number of alkyl halides is 1. The van der Waals surface area contributed by atoms with Crippen molar-refractivity contribution in [1.29, 1.82) is 0 Å². The van der Waals surface area contributed by atoms with Crippen molar-refractivity contribution in [1.82, 2.24) is 0 Å². The highest BCUT2D eigenvalue weighted by molar-refractivity contribution is 6.42. The molecule has 0 radical (unpaired) electrons. The molecule has 0 aromatic heterocycles. The Hall–Kier alpha value is -1.09. The predicted octanol–water partition coefficient (Wildman–Crippen LogP) is 5.24. The van der Waals surface area contributed by atoms with Gasteiger partial charge < -0.3 is 9.47 Å². The van der Waals surface area contributed by atoms with Crippen molar-refractivity contribution in [2.45, 2.75) is 11.8 Å². The molecule has 104 valence electrons. The van der Waals surface area contributed by atoms with Crippen molar-refractivity contribution in [3.63, 3.8) is 0 Å². The molecule has 0 saturated carbocycles. The molecule has 1 unspecified atom stereocenters. The van der Waals surface area contributed by atoms with Gasteiger partial charge in [-0.15, -0.1) is 11.6 Å². The average molecular weight is 330 g/mol. The third kappa shape index (κ3) is 2.83. The van der Waals surface area contributed by atoms with E-state index < -0.39 is 0 Å². The summed E-state index contributed by atoms with van der Waals surface area (Å²) in [5.41, 5.74) is 2.03. The van der Waals surface area contributed by atoms with E-state index in [1.54, 1.807) is 6.07 Å². The predicted molar refractivity (Wildman–Crippen MR) is 81.3 cm³/mol. The molecule has 2 aromatic rings. The second-order valence-electron chi connectivity index (χ2n) is 4.53. The minimum absolute atomic E-state index is 0.165. The molecular weight excluding hydrogens is 319 g/mol. The standard InChI is InChI=1S/C15H11Cl3O2/c16-11-3-1-9(6-13(11)18)5-12(17)10-2-4-14-15(7-10)20-8-19-14/h1-4,6-7,12H,5,8H2. The fraction of sp³-hybridized carbons (Fsp3) is 0.200. The zero-order valence-corrected chi connectivity index (χ0v) is 12.7. The van der Waals surface area contributed by atoms with E-state index in [9.17, 15) is 0 Å². The molecule has 2 aromatic carbocycles. The Kier molecular flexibility index (Phi) is 3.97. The highest BCUT2D eigenvalue weighted by atomic mass is 35.5. The molecule has 1 atom stereocenters. The zero-order valence-electron chi connectivity index (χ0n) is 10.4. The van der Waals surface area contributed by atoms with Crippen molar-refractivity contribution < 1.29 is 9.47 Å². The summed E-state index contributed by atoms with van der Waals surface area (Å²) in [5, 5.41) is 0.921. The number of hydrogen-bond donors (Lipinski definition) is 0. The second kappa shape index (κ2) is 5.72. The van der Waals surface area contributed by atoms with Crippen LogP contribution in [-0.4, -0.2) is 6.79 Å². The summed E-state index contributed by atoms with van der Waals surface area (Å²) in [5.74, 6) is 1.49. The summed E-state index contributed by atoms with van der Waals surface area (Å²) in [6.45, 7) is 0.262. The van der Waals surface area contributed by atoms with E-state index in [1.165, 1.54) is 0 Å². The van der Waals surface area contributed by atoms with Crippen molar-refractivity contribution in [2.24, 2.45) is 0 Å². The van der Waals surface area contributed by atoms with Crippen LogP contribution in [0.25, 0.3) is 0 Å². The molecular formula is C15H11Cl3O2. The lowest BCUT2D eigenvalue weighted by Gasteiger charge is -2.11. The molecule has 0 fully saturated rings. The topological polar surface area (TPSA) is 18.5 Å². The van der Waals surface area contributed by atoms with Gasteiger partial charge in [0.2, 0.25) is 6.79 Å². The number of benzene rings is 2. The molecule has 1 aliphatic heterocycles. The van der Waals surface area contributed by atoms with Crippen LogP contribution in [0.3, 0.4) is 0 Å². The molecule has 0 bridgehead atoms. The summed E-state index contributed by atoms with van der Waals surface area (Å²) in [6.07, 6.45) is 0.665. The van der Waals surface area contributed by atoms with Crippen LogP contribution in [0.15, 0.2) is 36.4 Å². The Morgan fingerprint density at radius 3 is 2.55 bits per heavy atom. The molecule has 1 aliphatic rings. The maximum atomic E-state index is 6.46. The minimum Gasteiger partial charge on any atom is -0.454 e. The summed E-state index contributed by atoms with van der Waals surface area (Å²) in [6, 6.07) is 11.3. The number of fused-ring (bicyclic) bond motifs is 1. The molecule has 3 rings (SSSR count). The van der Waals surface area contributed by atoms with E-state index in [0.29, 0.717) is 16.5 Å². The molecule has 5 heteroatoms. The molecule has 0 aliphatic carbocycles. The van der Waals surface area contributed by atoms with Gasteiger partial charge in [0.1, 0.15) is 0 Å². The molecule has 0 saturated heterocycles. The molecule has 0 spiro atoms. The average Bonchev–Trinajstić information content (AvgIpc) is 2.90. The summed E-state index contributed by atoms with van der Waals surface area (Å²) >= 11 is 18.4. The lowest BCUT2D eigenvalue weighted by atomic mass is 10.0. The van der Waals surface area contributed by atoms with Gasteiger partial charge in [-0.05, 0) is 41.8 Å². The van der Waals surface area contributed by atoms with E-state index in [0.717, 1.165) is 22.6 Å². The molecule has 1 heterocycles. The maximum Gasteiger partial charge on any atom is 0.231 e. The third-order valence-electron chi connectivity index (χ3n) is 3.16. The van der Waals surface area contributed by atoms with E-state index >= 15 is 0 Å². The molecule has 2 nitrogen and oxygen atoms in total. The second-order valence-corrected chi connectivity index (χ2v) is 5.87. The Bertz CT molecular complexity index is 643. The van der Waals surface area contributed by atoms with Crippen LogP contribution in [0.1, 0.15) is 16.5 Å². The lowest BCUT2D eigenvalue weighted by molar-refractivity contribution is 0.174. The first-order chi connectivity index (χ1) is 9.63. The number of hydrogen-bond acceptors (Lipinski definition) is 2. The smallest absolute Gasteiger partial charge is 0.231 e. The van der Waals surface area contributed by atoms with Gasteiger partial charge in [0.25, 0.3) is 0 Å². The van der Waals surface area contributed by atoms with Gasteiger partial charge in [-0.25, -0.2) is 0 Å². The number of ether oxygens (including phenoxy) is 2. The highest BCUT2D eigenvalue weighted by Gasteiger charge is 2.17. The van der Waals surface area contributed by atoms with E-state index in [1.807, 2.05) is 30.3 Å². The Balaban J connectivity index is 1.78. The van der Waals surface area contributed by atoms with Crippen molar-refractivity contribution in [2.75, 3.05) is 6.79 Å². The Morgan fingerprint density at radius 1 is 0.950 bits per heavy atom. The summed E-state index contributed by atoms with van der Waals surface area (Å²) in [7, 11) is 0. The normalized spacial score (nSPS) is 14.3. The van der Waals surface area contributed by atoms with Crippen LogP contribution in [0.4, 0.5) is 0 Å². The fourth-order valence-electron chi connectivity index (χ4n) is 2.10. The lowest BCUT2D eigenvalue weighted by Crippen LogP contribution is -1.96. The number of rotatable bonds is 3. The maximum absolute atomic E-state index is 6.46. The monoisotopic (exact) mass is 328 g/mol. The van der Waals surface area contributed by atoms with Gasteiger partial charge in [-0.1, -0.05) is 35.3 Å². The fourth-order valence-corrected chi connectivity index (χ4v) is 2.73. The highest BCUT2D eigenvalue weighted by Crippen LogP contribution is 2.37. The first-order valence-corrected chi connectivity index (χ1v) is 7.30. The van der Waals surface area contributed by atoms with E-state index in [4.69, 9.17) is 44.3 Å². The van der Waals surface area contributed by atoms with Crippen LogP contribution < -0.4 is 9.47 Å². The Labute approximate surface area is 132 Å². The van der Waals surface area contributed by atoms with Gasteiger partial charge >= 0.3 is 0 Å². The molecule has 0 N–H and O–H groups in total. The van der Waals surface area contributed by atoms with E-state index in [2.05, 4.69) is 0 Å². The zero-order chi connectivity index (χ0) is 14.1.